The fourth-order valence-electron chi connectivity index (χ4n) is 2.57. The van der Waals surface area contributed by atoms with Crippen molar-refractivity contribution in [3.63, 3.8) is 0 Å². The van der Waals surface area contributed by atoms with Gasteiger partial charge in [0, 0.05) is 4.47 Å². The van der Waals surface area contributed by atoms with Crippen LogP contribution in [0.25, 0.3) is 0 Å². The molecule has 0 bridgehead atoms. The molecule has 0 aliphatic heterocycles. The van der Waals surface area contributed by atoms with E-state index < -0.39 is 16.5 Å². The molecule has 0 saturated carbocycles. The van der Waals surface area contributed by atoms with Crippen LogP contribution in [0.2, 0.25) is 39.3 Å². The summed E-state index contributed by atoms with van der Waals surface area (Å²) in [5.41, 5.74) is 1.25. The molecule has 0 saturated heterocycles. The number of hydrogen-bond acceptors (Lipinski definition) is 2. The predicted octanol–water partition coefficient (Wildman–Crippen LogP) is 4.93. The molecule has 1 aromatic rings. The third kappa shape index (κ3) is 3.62. The van der Waals surface area contributed by atoms with E-state index in [0.717, 1.165) is 10.2 Å². The predicted molar refractivity (Wildman–Crippen MR) is 89.9 cm³/mol. The maximum absolute atomic E-state index is 5.57. The van der Waals surface area contributed by atoms with Crippen molar-refractivity contribution in [2.45, 2.75) is 39.3 Å². The van der Waals surface area contributed by atoms with E-state index in [0.29, 0.717) is 0 Å². The Hall–Kier alpha value is -0.266. The van der Waals surface area contributed by atoms with Crippen LogP contribution in [-0.4, -0.2) is 23.6 Å². The van der Waals surface area contributed by atoms with Crippen molar-refractivity contribution in [1.82, 2.24) is 0 Å². The summed E-state index contributed by atoms with van der Waals surface area (Å²) < 4.78 is 9.31. The van der Waals surface area contributed by atoms with E-state index in [1.165, 1.54) is 5.69 Å². The monoisotopic (exact) mass is 345 g/mol. The van der Waals surface area contributed by atoms with Crippen molar-refractivity contribution >= 4 is 38.1 Å². The second-order valence-electron chi connectivity index (χ2n) is 6.49. The van der Waals surface area contributed by atoms with Gasteiger partial charge in [0.25, 0.3) is 0 Å². The van der Waals surface area contributed by atoms with Crippen molar-refractivity contribution in [2.24, 2.45) is 0 Å². The third-order valence-electron chi connectivity index (χ3n) is 2.72. The Morgan fingerprint density at radius 1 is 1.00 bits per heavy atom. The van der Waals surface area contributed by atoms with Gasteiger partial charge in [-0.15, -0.1) is 0 Å². The smallest absolute Gasteiger partial charge is 0.141 e. The molecular weight excluding hydrogens is 322 g/mol. The van der Waals surface area contributed by atoms with Gasteiger partial charge in [0.2, 0.25) is 0 Å². The van der Waals surface area contributed by atoms with Crippen LogP contribution in [0, 0.1) is 0 Å². The van der Waals surface area contributed by atoms with Gasteiger partial charge in [0.05, 0.1) is 12.8 Å². The van der Waals surface area contributed by atoms with Gasteiger partial charge in [-0.25, -0.2) is 0 Å². The number of nitrogens with zero attached hydrogens (tertiary/aromatic N) is 1. The van der Waals surface area contributed by atoms with Crippen LogP contribution in [0.15, 0.2) is 22.7 Å². The van der Waals surface area contributed by atoms with Crippen LogP contribution >= 0.6 is 15.9 Å². The zero-order valence-electron chi connectivity index (χ0n) is 12.5. The number of anilines is 1. The zero-order chi connectivity index (χ0) is 14.1. The van der Waals surface area contributed by atoms with Crippen LogP contribution in [0.1, 0.15) is 0 Å². The highest BCUT2D eigenvalue weighted by Gasteiger charge is 2.36. The van der Waals surface area contributed by atoms with Crippen molar-refractivity contribution in [3.05, 3.63) is 22.7 Å². The second-order valence-corrected chi connectivity index (χ2v) is 17.4. The van der Waals surface area contributed by atoms with Crippen molar-refractivity contribution < 1.29 is 4.74 Å². The summed E-state index contributed by atoms with van der Waals surface area (Å²) in [7, 11) is -1.11. The maximum atomic E-state index is 5.57. The van der Waals surface area contributed by atoms with Gasteiger partial charge in [-0.3, -0.25) is 0 Å². The minimum Gasteiger partial charge on any atom is -0.495 e. The number of benzene rings is 1. The number of halogens is 1. The first-order chi connectivity index (χ1) is 8.07. The zero-order valence-corrected chi connectivity index (χ0v) is 16.1. The molecule has 18 heavy (non-hydrogen) atoms. The van der Waals surface area contributed by atoms with Gasteiger partial charge in [-0.2, -0.15) is 0 Å². The lowest BCUT2D eigenvalue weighted by Crippen LogP contribution is -2.59. The first kappa shape index (κ1) is 15.8. The average Bonchev–Trinajstić information content (AvgIpc) is 2.16. The first-order valence-electron chi connectivity index (χ1n) is 6.21. The minimum absolute atomic E-state index is 0.967. The summed E-state index contributed by atoms with van der Waals surface area (Å²) in [4.78, 5) is 0. The fraction of sp³-hybridized carbons (Fsp3) is 0.538. The Bertz CT molecular complexity index is 410. The Labute approximate surface area is 122 Å². The van der Waals surface area contributed by atoms with E-state index in [9.17, 15) is 0 Å². The molecule has 1 aromatic carbocycles. The number of methoxy groups -OCH3 is 1. The summed E-state index contributed by atoms with van der Waals surface area (Å²) >= 11 is 3.51. The molecule has 102 valence electrons. The number of ether oxygens (including phenoxy) is 1. The molecule has 0 amide bonds. The lowest BCUT2D eigenvalue weighted by molar-refractivity contribution is 0.416. The normalized spacial score (nSPS) is 12.4. The van der Waals surface area contributed by atoms with Crippen LogP contribution in [0.5, 0.6) is 5.75 Å². The quantitative estimate of drug-likeness (QED) is 0.717. The van der Waals surface area contributed by atoms with Crippen molar-refractivity contribution in [3.8, 4) is 5.75 Å². The molecule has 0 aliphatic carbocycles. The van der Waals surface area contributed by atoms with Crippen LogP contribution in [0.4, 0.5) is 5.69 Å². The highest BCUT2D eigenvalue weighted by molar-refractivity contribution is 9.10. The molecular formula is C13H24BrNOSi2. The molecule has 0 aromatic heterocycles. The Kier molecular flexibility index (Phi) is 4.72. The SMILES string of the molecule is COc1cc(Br)ccc1N([Si](C)(C)C)[Si](C)(C)C. The van der Waals surface area contributed by atoms with Crippen LogP contribution < -0.4 is 8.97 Å². The van der Waals surface area contributed by atoms with Gasteiger partial charge in [0.1, 0.15) is 22.2 Å². The van der Waals surface area contributed by atoms with Gasteiger partial charge >= 0.3 is 0 Å². The fourth-order valence-corrected chi connectivity index (χ4v) is 12.8. The number of hydrogen-bond donors (Lipinski definition) is 0. The molecule has 2 nitrogen and oxygen atoms in total. The Morgan fingerprint density at radius 2 is 1.50 bits per heavy atom. The Morgan fingerprint density at radius 3 is 1.89 bits per heavy atom. The molecule has 0 heterocycles. The first-order valence-corrected chi connectivity index (χ1v) is 13.9. The molecule has 1 rings (SSSR count). The molecule has 5 heteroatoms. The van der Waals surface area contributed by atoms with Crippen LogP contribution in [0.3, 0.4) is 0 Å². The summed E-state index contributed by atoms with van der Waals surface area (Å²) in [6.45, 7) is 14.4. The van der Waals surface area contributed by atoms with Gasteiger partial charge in [-0.1, -0.05) is 55.2 Å². The highest BCUT2D eigenvalue weighted by atomic mass is 79.9. The van der Waals surface area contributed by atoms with Gasteiger partial charge in [0.15, 0.2) is 0 Å². The summed E-state index contributed by atoms with van der Waals surface area (Å²) in [5, 5.41) is 0. The third-order valence-corrected chi connectivity index (χ3v) is 10.4. The lowest BCUT2D eigenvalue weighted by atomic mass is 10.3. The molecule has 0 N–H and O–H groups in total. The number of rotatable bonds is 4. The van der Waals surface area contributed by atoms with E-state index in [1.807, 2.05) is 0 Å². The largest absolute Gasteiger partial charge is 0.495 e. The molecule has 0 spiro atoms. The van der Waals surface area contributed by atoms with Gasteiger partial charge in [-0.05, 0) is 18.2 Å². The van der Waals surface area contributed by atoms with E-state index >= 15 is 0 Å². The van der Waals surface area contributed by atoms with E-state index in [2.05, 4.69) is 77.6 Å². The molecule has 0 radical (unpaired) electrons. The average molecular weight is 346 g/mol. The topological polar surface area (TPSA) is 12.5 Å². The van der Waals surface area contributed by atoms with Crippen molar-refractivity contribution in [2.75, 3.05) is 11.3 Å². The minimum atomic E-state index is -1.43. The molecule has 0 unspecified atom stereocenters. The summed E-state index contributed by atoms with van der Waals surface area (Å²) in [6.07, 6.45) is 0. The summed E-state index contributed by atoms with van der Waals surface area (Å²) in [6, 6.07) is 6.34. The van der Waals surface area contributed by atoms with Crippen molar-refractivity contribution in [1.29, 1.82) is 0 Å². The molecule has 0 fully saturated rings. The van der Waals surface area contributed by atoms with E-state index in [4.69, 9.17) is 4.74 Å². The maximum Gasteiger partial charge on any atom is 0.141 e. The second kappa shape index (κ2) is 5.39. The standard InChI is InChI=1S/C13H24BrNOSi2/c1-16-13-10-11(14)8-9-12(13)15(17(2,3)4)18(5,6)7/h8-10H,1-7H3. The summed E-state index contributed by atoms with van der Waals surface area (Å²) in [5.74, 6) is 0.967. The van der Waals surface area contributed by atoms with Gasteiger partial charge < -0.3 is 8.97 Å². The Balaban J connectivity index is 3.39. The van der Waals surface area contributed by atoms with E-state index in [1.54, 1.807) is 7.11 Å². The molecule has 0 aliphatic rings. The lowest BCUT2D eigenvalue weighted by Gasteiger charge is -2.46. The van der Waals surface area contributed by atoms with E-state index in [-0.39, 0.29) is 0 Å². The highest BCUT2D eigenvalue weighted by Crippen LogP contribution is 2.37. The van der Waals surface area contributed by atoms with Crippen LogP contribution in [-0.2, 0) is 0 Å². The molecule has 0 atom stereocenters.